The number of alkyl halides is 1. The molecule has 1 aromatic carbocycles. The quantitative estimate of drug-likeness (QED) is 0.738. The van der Waals surface area contributed by atoms with E-state index in [1.807, 2.05) is 30.3 Å². The molecule has 0 heterocycles. The Morgan fingerprint density at radius 1 is 1.31 bits per heavy atom. The summed E-state index contributed by atoms with van der Waals surface area (Å²) < 4.78 is 11.8. The standard InChI is InChI=1S/C11H14FO/c12-9-11(13)8-4-7-10-5-2-1-3-6-10/h1-3,5-6,8,11,13H,4,7,9H2. The second-order valence-electron chi connectivity index (χ2n) is 2.98. The van der Waals surface area contributed by atoms with E-state index < -0.39 is 12.8 Å². The van der Waals surface area contributed by atoms with E-state index in [-0.39, 0.29) is 0 Å². The highest BCUT2D eigenvalue weighted by Crippen LogP contribution is 2.05. The zero-order valence-electron chi connectivity index (χ0n) is 7.49. The fourth-order valence-electron chi connectivity index (χ4n) is 1.15. The maximum Gasteiger partial charge on any atom is 0.116 e. The van der Waals surface area contributed by atoms with Crippen molar-refractivity contribution >= 4 is 0 Å². The zero-order valence-corrected chi connectivity index (χ0v) is 7.49. The van der Waals surface area contributed by atoms with E-state index in [1.165, 1.54) is 5.56 Å². The van der Waals surface area contributed by atoms with Crippen molar-refractivity contribution in [2.24, 2.45) is 0 Å². The fraction of sp³-hybridized carbons (Fsp3) is 0.364. The van der Waals surface area contributed by atoms with Crippen LogP contribution in [0.5, 0.6) is 0 Å². The summed E-state index contributed by atoms with van der Waals surface area (Å²) in [6, 6.07) is 9.96. The number of aliphatic hydroxyl groups is 1. The molecule has 13 heavy (non-hydrogen) atoms. The second-order valence-corrected chi connectivity index (χ2v) is 2.98. The molecule has 0 saturated heterocycles. The van der Waals surface area contributed by atoms with Gasteiger partial charge in [0, 0.05) is 0 Å². The smallest absolute Gasteiger partial charge is 0.116 e. The van der Waals surface area contributed by atoms with Gasteiger partial charge in [-0.1, -0.05) is 30.3 Å². The van der Waals surface area contributed by atoms with Crippen molar-refractivity contribution in [2.75, 3.05) is 6.67 Å². The Morgan fingerprint density at radius 2 is 2.00 bits per heavy atom. The molecule has 1 aromatic rings. The number of aliphatic hydroxyl groups excluding tert-OH is 1. The largest absolute Gasteiger partial charge is 0.390 e. The van der Waals surface area contributed by atoms with Gasteiger partial charge in [-0.15, -0.1) is 0 Å². The van der Waals surface area contributed by atoms with Crippen LogP contribution < -0.4 is 0 Å². The van der Waals surface area contributed by atoms with Gasteiger partial charge in [0.1, 0.15) is 6.67 Å². The third-order valence-corrected chi connectivity index (χ3v) is 1.87. The van der Waals surface area contributed by atoms with Crippen LogP contribution in [0.1, 0.15) is 12.0 Å². The molecule has 0 spiro atoms. The Labute approximate surface area is 78.2 Å². The molecule has 0 aromatic heterocycles. The number of aryl methyl sites for hydroxylation is 1. The van der Waals surface area contributed by atoms with Crippen LogP contribution in [0.4, 0.5) is 4.39 Å². The summed E-state index contributed by atoms with van der Waals surface area (Å²) in [6.45, 7) is -0.686. The summed E-state index contributed by atoms with van der Waals surface area (Å²) in [6.07, 6.45) is 2.28. The molecular weight excluding hydrogens is 167 g/mol. The van der Waals surface area contributed by atoms with Crippen molar-refractivity contribution in [3.8, 4) is 0 Å². The molecule has 0 aliphatic heterocycles. The molecule has 0 saturated carbocycles. The Balaban J connectivity index is 2.20. The van der Waals surface area contributed by atoms with Gasteiger partial charge in [-0.05, 0) is 24.8 Å². The molecular formula is C11H14FO. The topological polar surface area (TPSA) is 20.2 Å². The normalized spacial score (nSPS) is 12.8. The molecule has 1 unspecified atom stereocenters. The van der Waals surface area contributed by atoms with E-state index in [4.69, 9.17) is 5.11 Å². The van der Waals surface area contributed by atoms with E-state index in [0.29, 0.717) is 0 Å². The molecule has 1 nitrogen and oxygen atoms in total. The van der Waals surface area contributed by atoms with Crippen molar-refractivity contribution in [3.63, 3.8) is 0 Å². The van der Waals surface area contributed by atoms with E-state index in [9.17, 15) is 4.39 Å². The van der Waals surface area contributed by atoms with E-state index >= 15 is 0 Å². The molecule has 0 fully saturated rings. The van der Waals surface area contributed by atoms with Gasteiger partial charge in [0.2, 0.25) is 0 Å². The monoisotopic (exact) mass is 181 g/mol. The Hall–Kier alpha value is -0.890. The summed E-state index contributed by atoms with van der Waals surface area (Å²) in [7, 11) is 0. The van der Waals surface area contributed by atoms with Crippen molar-refractivity contribution in [1.29, 1.82) is 0 Å². The third-order valence-electron chi connectivity index (χ3n) is 1.87. The number of hydrogen-bond donors (Lipinski definition) is 1. The van der Waals surface area contributed by atoms with Gasteiger partial charge in [-0.3, -0.25) is 0 Å². The molecule has 0 aliphatic rings. The van der Waals surface area contributed by atoms with Gasteiger partial charge in [0.15, 0.2) is 0 Å². The molecule has 0 bridgehead atoms. The maximum atomic E-state index is 11.8. The van der Waals surface area contributed by atoms with Crippen LogP contribution in [0, 0.1) is 6.42 Å². The molecule has 2 heteroatoms. The van der Waals surface area contributed by atoms with Gasteiger partial charge < -0.3 is 5.11 Å². The molecule has 1 atom stereocenters. The average molecular weight is 181 g/mol. The summed E-state index contributed by atoms with van der Waals surface area (Å²) >= 11 is 0. The van der Waals surface area contributed by atoms with Gasteiger partial charge in [0.05, 0.1) is 6.10 Å². The molecule has 1 N–H and O–H groups in total. The van der Waals surface area contributed by atoms with Crippen molar-refractivity contribution < 1.29 is 9.50 Å². The predicted octanol–water partition coefficient (Wildman–Crippen LogP) is 2.15. The molecule has 71 valence electrons. The first-order valence-corrected chi connectivity index (χ1v) is 4.44. The lowest BCUT2D eigenvalue weighted by atomic mass is 10.1. The lowest BCUT2D eigenvalue weighted by molar-refractivity contribution is 0.165. The minimum absolute atomic E-state index is 0.686. The summed E-state index contributed by atoms with van der Waals surface area (Å²) in [5.41, 5.74) is 1.21. The van der Waals surface area contributed by atoms with E-state index in [1.54, 1.807) is 6.42 Å². The van der Waals surface area contributed by atoms with E-state index in [0.717, 1.165) is 12.8 Å². The number of hydrogen-bond acceptors (Lipinski definition) is 1. The summed E-state index contributed by atoms with van der Waals surface area (Å²) in [5, 5.41) is 8.91. The van der Waals surface area contributed by atoms with Crippen molar-refractivity contribution in [1.82, 2.24) is 0 Å². The zero-order chi connectivity index (χ0) is 9.52. The Bertz CT molecular complexity index is 223. The predicted molar refractivity (Wildman–Crippen MR) is 51.0 cm³/mol. The van der Waals surface area contributed by atoms with Crippen molar-refractivity contribution in [3.05, 3.63) is 42.3 Å². The SMILES string of the molecule is OC([CH]CCc1ccccc1)CF. The molecule has 0 amide bonds. The highest BCUT2D eigenvalue weighted by Gasteiger charge is 2.02. The third kappa shape index (κ3) is 4.04. The first-order valence-electron chi connectivity index (χ1n) is 4.44. The Kier molecular flexibility index (Phi) is 4.47. The first kappa shape index (κ1) is 10.2. The van der Waals surface area contributed by atoms with Crippen LogP contribution in [0.3, 0.4) is 0 Å². The first-order chi connectivity index (χ1) is 6.33. The van der Waals surface area contributed by atoms with Crippen LogP contribution in [-0.4, -0.2) is 17.9 Å². The van der Waals surface area contributed by atoms with E-state index in [2.05, 4.69) is 0 Å². The summed E-state index contributed by atoms with van der Waals surface area (Å²) in [4.78, 5) is 0. The molecule has 0 aliphatic carbocycles. The van der Waals surface area contributed by atoms with Crippen LogP contribution in [0.2, 0.25) is 0 Å². The van der Waals surface area contributed by atoms with Crippen LogP contribution in [0.15, 0.2) is 30.3 Å². The van der Waals surface area contributed by atoms with Crippen LogP contribution in [-0.2, 0) is 6.42 Å². The van der Waals surface area contributed by atoms with Crippen LogP contribution >= 0.6 is 0 Å². The average Bonchev–Trinajstić information content (AvgIpc) is 2.19. The molecule has 1 rings (SSSR count). The van der Waals surface area contributed by atoms with Gasteiger partial charge in [-0.25, -0.2) is 4.39 Å². The molecule has 1 radical (unpaired) electrons. The number of halogens is 1. The fourth-order valence-corrected chi connectivity index (χ4v) is 1.15. The second kappa shape index (κ2) is 5.70. The number of rotatable bonds is 5. The lowest BCUT2D eigenvalue weighted by Gasteiger charge is -2.04. The highest BCUT2D eigenvalue weighted by molar-refractivity contribution is 5.14. The van der Waals surface area contributed by atoms with Crippen molar-refractivity contribution in [2.45, 2.75) is 18.9 Å². The number of benzene rings is 1. The van der Waals surface area contributed by atoms with Gasteiger partial charge in [-0.2, -0.15) is 0 Å². The lowest BCUT2D eigenvalue weighted by Crippen LogP contribution is -2.09. The minimum Gasteiger partial charge on any atom is -0.390 e. The van der Waals surface area contributed by atoms with Gasteiger partial charge >= 0.3 is 0 Å². The van der Waals surface area contributed by atoms with Gasteiger partial charge in [0.25, 0.3) is 0 Å². The van der Waals surface area contributed by atoms with Crippen LogP contribution in [0.25, 0.3) is 0 Å². The summed E-state index contributed by atoms with van der Waals surface area (Å²) in [5.74, 6) is 0. The minimum atomic E-state index is -0.899. The highest BCUT2D eigenvalue weighted by atomic mass is 19.1. The Morgan fingerprint density at radius 3 is 2.62 bits per heavy atom. The maximum absolute atomic E-state index is 11.8.